The van der Waals surface area contributed by atoms with E-state index in [1.54, 1.807) is 0 Å². The highest BCUT2D eigenvalue weighted by Gasteiger charge is 2.29. The van der Waals surface area contributed by atoms with Crippen LogP contribution in [0.1, 0.15) is 45.4 Å². The quantitative estimate of drug-likeness (QED) is 0.595. The molecule has 0 aliphatic heterocycles. The molecule has 1 fully saturated rings. The molecule has 1 rings (SSSR count). The molecule has 0 amide bonds. The normalized spacial score (nSPS) is 21.8. The lowest BCUT2D eigenvalue weighted by Gasteiger charge is -2.32. The average Bonchev–Trinajstić information content (AvgIpc) is 2.05. The van der Waals surface area contributed by atoms with Crippen LogP contribution in [-0.4, -0.2) is 13.1 Å². The molecule has 12 heavy (non-hydrogen) atoms. The van der Waals surface area contributed by atoms with E-state index >= 15 is 0 Å². The first-order valence-electron chi connectivity index (χ1n) is 4.73. The third kappa shape index (κ3) is 2.50. The summed E-state index contributed by atoms with van der Waals surface area (Å²) in [5.41, 5.74) is 0.228. The Bertz CT molecular complexity index is 157. The first-order chi connectivity index (χ1) is 5.66. The summed E-state index contributed by atoms with van der Waals surface area (Å²) in [5, 5.41) is 0. The van der Waals surface area contributed by atoms with Crippen molar-refractivity contribution in [2.75, 3.05) is 7.11 Å². The molecule has 70 valence electrons. The van der Waals surface area contributed by atoms with Crippen molar-refractivity contribution in [1.29, 1.82) is 0 Å². The van der Waals surface area contributed by atoms with E-state index < -0.39 is 0 Å². The lowest BCUT2D eigenvalue weighted by molar-refractivity contribution is -0.143. The molecule has 0 aromatic carbocycles. The van der Waals surface area contributed by atoms with Gasteiger partial charge in [0.1, 0.15) is 0 Å². The van der Waals surface area contributed by atoms with Crippen molar-refractivity contribution >= 4 is 5.97 Å². The van der Waals surface area contributed by atoms with E-state index in [1.165, 1.54) is 39.2 Å². The Morgan fingerprint density at radius 3 is 2.42 bits per heavy atom. The highest BCUT2D eigenvalue weighted by Crippen LogP contribution is 2.38. The SMILES string of the molecule is COC(=O)CC1(C)CCCCC1. The third-order valence-electron chi connectivity index (χ3n) is 2.86. The van der Waals surface area contributed by atoms with E-state index in [0.717, 1.165) is 0 Å². The van der Waals surface area contributed by atoms with Crippen molar-refractivity contribution in [2.24, 2.45) is 5.41 Å². The van der Waals surface area contributed by atoms with Gasteiger partial charge in [0.15, 0.2) is 0 Å². The zero-order chi connectivity index (χ0) is 9.03. The van der Waals surface area contributed by atoms with E-state index in [-0.39, 0.29) is 11.4 Å². The fourth-order valence-electron chi connectivity index (χ4n) is 2.00. The van der Waals surface area contributed by atoms with Crippen LogP contribution < -0.4 is 0 Å². The van der Waals surface area contributed by atoms with Gasteiger partial charge < -0.3 is 4.74 Å². The van der Waals surface area contributed by atoms with Gasteiger partial charge in [0.25, 0.3) is 0 Å². The molecule has 2 nitrogen and oxygen atoms in total. The Hall–Kier alpha value is -0.530. The maximum absolute atomic E-state index is 11.1. The Balaban J connectivity index is 2.41. The van der Waals surface area contributed by atoms with E-state index in [2.05, 4.69) is 11.7 Å². The highest BCUT2D eigenvalue weighted by molar-refractivity contribution is 5.70. The molecule has 0 aromatic heterocycles. The second kappa shape index (κ2) is 3.92. The average molecular weight is 170 g/mol. The smallest absolute Gasteiger partial charge is 0.306 e. The van der Waals surface area contributed by atoms with Crippen LogP contribution in [0.3, 0.4) is 0 Å². The second-order valence-electron chi connectivity index (χ2n) is 4.12. The fourth-order valence-corrected chi connectivity index (χ4v) is 2.00. The van der Waals surface area contributed by atoms with Crippen LogP contribution in [0.5, 0.6) is 0 Å². The monoisotopic (exact) mass is 170 g/mol. The summed E-state index contributed by atoms with van der Waals surface area (Å²) in [6, 6.07) is 0. The summed E-state index contributed by atoms with van der Waals surface area (Å²) in [7, 11) is 1.47. The lowest BCUT2D eigenvalue weighted by atomic mass is 9.73. The predicted molar refractivity (Wildman–Crippen MR) is 47.8 cm³/mol. The number of methoxy groups -OCH3 is 1. The molecular weight excluding hydrogens is 152 g/mol. The molecule has 1 saturated carbocycles. The van der Waals surface area contributed by atoms with Gasteiger partial charge in [0.05, 0.1) is 13.5 Å². The van der Waals surface area contributed by atoms with Crippen molar-refractivity contribution in [3.05, 3.63) is 0 Å². The van der Waals surface area contributed by atoms with Crippen LogP contribution >= 0.6 is 0 Å². The van der Waals surface area contributed by atoms with Gasteiger partial charge in [-0.2, -0.15) is 0 Å². The number of hydrogen-bond donors (Lipinski definition) is 0. The summed E-state index contributed by atoms with van der Waals surface area (Å²) in [5.74, 6) is -0.0561. The van der Waals surface area contributed by atoms with Crippen molar-refractivity contribution in [3.8, 4) is 0 Å². The largest absolute Gasteiger partial charge is 0.469 e. The summed E-state index contributed by atoms with van der Waals surface area (Å²) in [6.07, 6.45) is 6.84. The van der Waals surface area contributed by atoms with Gasteiger partial charge in [0, 0.05) is 0 Å². The number of carbonyl (C=O) groups is 1. The number of rotatable bonds is 2. The van der Waals surface area contributed by atoms with Crippen LogP contribution in [0.15, 0.2) is 0 Å². The molecule has 0 aromatic rings. The zero-order valence-electron chi connectivity index (χ0n) is 8.06. The molecule has 0 unspecified atom stereocenters. The first-order valence-corrected chi connectivity index (χ1v) is 4.73. The molecule has 1 aliphatic rings. The molecule has 1 aliphatic carbocycles. The predicted octanol–water partition coefficient (Wildman–Crippen LogP) is 2.52. The van der Waals surface area contributed by atoms with E-state index in [1.807, 2.05) is 0 Å². The van der Waals surface area contributed by atoms with Gasteiger partial charge in [-0.3, -0.25) is 4.79 Å². The fraction of sp³-hybridized carbons (Fsp3) is 0.900. The summed E-state index contributed by atoms with van der Waals surface area (Å²) in [4.78, 5) is 11.1. The van der Waals surface area contributed by atoms with Gasteiger partial charge in [-0.05, 0) is 18.3 Å². The third-order valence-corrected chi connectivity index (χ3v) is 2.86. The lowest BCUT2D eigenvalue weighted by Crippen LogP contribution is -2.24. The van der Waals surface area contributed by atoms with Crippen molar-refractivity contribution in [3.63, 3.8) is 0 Å². The van der Waals surface area contributed by atoms with Crippen molar-refractivity contribution in [1.82, 2.24) is 0 Å². The first kappa shape index (κ1) is 9.56. The number of hydrogen-bond acceptors (Lipinski definition) is 2. The molecule has 0 radical (unpaired) electrons. The Morgan fingerprint density at radius 2 is 1.92 bits per heavy atom. The molecule has 0 heterocycles. The molecular formula is C10H18O2. The number of ether oxygens (including phenoxy) is 1. The Morgan fingerprint density at radius 1 is 1.33 bits per heavy atom. The van der Waals surface area contributed by atoms with Crippen LogP contribution in [0.2, 0.25) is 0 Å². The van der Waals surface area contributed by atoms with E-state index in [4.69, 9.17) is 0 Å². The topological polar surface area (TPSA) is 26.3 Å². The van der Waals surface area contributed by atoms with Gasteiger partial charge >= 0.3 is 5.97 Å². The zero-order valence-corrected chi connectivity index (χ0v) is 8.06. The van der Waals surface area contributed by atoms with Gasteiger partial charge in [0.2, 0.25) is 0 Å². The van der Waals surface area contributed by atoms with Crippen molar-refractivity contribution < 1.29 is 9.53 Å². The van der Waals surface area contributed by atoms with Crippen LogP contribution in [-0.2, 0) is 9.53 Å². The van der Waals surface area contributed by atoms with Crippen LogP contribution in [0.25, 0.3) is 0 Å². The minimum atomic E-state index is -0.0561. The number of esters is 1. The van der Waals surface area contributed by atoms with Crippen molar-refractivity contribution in [2.45, 2.75) is 45.4 Å². The molecule has 0 spiro atoms. The van der Waals surface area contributed by atoms with Crippen LogP contribution in [0.4, 0.5) is 0 Å². The molecule has 0 N–H and O–H groups in total. The molecule has 0 saturated heterocycles. The minimum Gasteiger partial charge on any atom is -0.469 e. The van der Waals surface area contributed by atoms with Gasteiger partial charge in [-0.15, -0.1) is 0 Å². The summed E-state index contributed by atoms with van der Waals surface area (Å²) < 4.78 is 4.68. The number of carbonyl (C=O) groups excluding carboxylic acids is 1. The Kier molecular flexibility index (Phi) is 3.12. The maximum Gasteiger partial charge on any atom is 0.306 e. The summed E-state index contributed by atoms with van der Waals surface area (Å²) in [6.45, 7) is 2.20. The standard InChI is InChI=1S/C10H18O2/c1-10(8-9(11)12-2)6-4-3-5-7-10/h3-8H2,1-2H3. The van der Waals surface area contributed by atoms with Crippen LogP contribution in [0, 0.1) is 5.41 Å². The second-order valence-corrected chi connectivity index (χ2v) is 4.12. The minimum absolute atomic E-state index is 0.0561. The molecule has 2 heteroatoms. The van der Waals surface area contributed by atoms with Gasteiger partial charge in [-0.1, -0.05) is 26.2 Å². The maximum atomic E-state index is 11.1. The van der Waals surface area contributed by atoms with Gasteiger partial charge in [-0.25, -0.2) is 0 Å². The molecule has 0 atom stereocenters. The molecule has 0 bridgehead atoms. The highest BCUT2D eigenvalue weighted by atomic mass is 16.5. The summed E-state index contributed by atoms with van der Waals surface area (Å²) >= 11 is 0. The Labute approximate surface area is 74.3 Å². The van der Waals surface area contributed by atoms with E-state index in [9.17, 15) is 4.79 Å². The van der Waals surface area contributed by atoms with E-state index in [0.29, 0.717) is 6.42 Å².